The Morgan fingerprint density at radius 2 is 1.11 bits per heavy atom. The summed E-state index contributed by atoms with van der Waals surface area (Å²) in [6.45, 7) is 14.2. The number of ether oxygens (including phenoxy) is 2. The molecule has 2 spiro atoms. The maximum atomic E-state index is 14.6. The fraction of sp³-hybridized carbons (Fsp3) is 0.348. The van der Waals surface area contributed by atoms with Crippen molar-refractivity contribution in [1.82, 2.24) is 0 Å². The molecule has 0 N–H and O–H groups in total. The first kappa shape index (κ1) is 38.1. The van der Waals surface area contributed by atoms with Crippen LogP contribution in [0.3, 0.4) is 0 Å². The van der Waals surface area contributed by atoms with E-state index in [4.69, 9.17) is 9.47 Å². The first-order valence-corrected chi connectivity index (χ1v) is 24.3. The SMILES string of the molecule is C[CH2][Ge]([CH2]C)([C](=O)c1ccc2c(c1)C=CC1(O2)N(C)c2ccc(C)cc2C1(C)C)[C](=O)c1ccc2c(c1)C=CC1(O2)N(C)c2ccc(C(F)(F)F)cc2C1(C)C. The van der Waals surface area contributed by atoms with Crippen molar-refractivity contribution in [3.05, 3.63) is 129 Å². The van der Waals surface area contributed by atoms with Gasteiger partial charge in [-0.3, -0.25) is 0 Å². The number of rotatable bonds is 6. The molecule has 0 aliphatic carbocycles. The maximum absolute atomic E-state index is 14.6. The van der Waals surface area contributed by atoms with E-state index in [1.165, 1.54) is 23.3 Å². The standard InChI is InChI=1S/C46H47F3GeN2O4/c1-10-50(11-2,40(53)31-13-18-38-29(25-31)20-22-44(55-38)42(4,5)34-24-28(3)12-16-36(34)51(44)8)41(54)32-14-19-39-30(26-32)21-23-45(56-39)43(6,7)35-27-33(46(47,48)49)15-17-37(35)52(45)9/h12-27H,10-11H2,1-9H3. The van der Waals surface area contributed by atoms with Gasteiger partial charge in [-0.2, -0.15) is 13.2 Å². The van der Waals surface area contributed by atoms with Crippen LogP contribution in [0.4, 0.5) is 24.5 Å². The Bertz CT molecular complexity index is 2410. The third kappa shape index (κ3) is 5.01. The van der Waals surface area contributed by atoms with Crippen LogP contribution in [0, 0.1) is 6.92 Å². The van der Waals surface area contributed by atoms with E-state index >= 15 is 0 Å². The second-order valence-electron chi connectivity index (χ2n) is 16.8. The van der Waals surface area contributed by atoms with Crippen LogP contribution in [0.25, 0.3) is 12.2 Å². The van der Waals surface area contributed by atoms with Crippen LogP contribution in [0.2, 0.25) is 10.5 Å². The molecule has 0 radical (unpaired) electrons. The van der Waals surface area contributed by atoms with E-state index in [0.717, 1.165) is 17.3 Å². The third-order valence-corrected chi connectivity index (χ3v) is 23.4. The summed E-state index contributed by atoms with van der Waals surface area (Å²) in [7, 11) is 3.87. The van der Waals surface area contributed by atoms with Gasteiger partial charge in [0, 0.05) is 0 Å². The number of benzene rings is 4. The third-order valence-electron chi connectivity index (χ3n) is 13.5. The number of carbonyl (C=O) groups is 2. The average molecular weight is 821 g/mol. The molecule has 290 valence electrons. The summed E-state index contributed by atoms with van der Waals surface area (Å²) in [5.41, 5.74) is 3.41. The first-order chi connectivity index (χ1) is 26.3. The van der Waals surface area contributed by atoms with Crippen molar-refractivity contribution in [2.24, 2.45) is 0 Å². The topological polar surface area (TPSA) is 59.1 Å². The van der Waals surface area contributed by atoms with Gasteiger partial charge in [-0.05, 0) is 0 Å². The molecule has 8 rings (SSSR count). The number of halogens is 3. The van der Waals surface area contributed by atoms with Crippen LogP contribution in [0.1, 0.15) is 95.6 Å². The molecule has 0 amide bonds. The molecule has 6 nitrogen and oxygen atoms in total. The van der Waals surface area contributed by atoms with E-state index in [1.54, 1.807) is 18.2 Å². The van der Waals surface area contributed by atoms with Gasteiger partial charge in [-0.15, -0.1) is 0 Å². The molecule has 4 aromatic carbocycles. The zero-order valence-corrected chi connectivity index (χ0v) is 35.4. The molecule has 0 aromatic heterocycles. The van der Waals surface area contributed by atoms with Crippen molar-refractivity contribution in [2.45, 2.75) is 87.4 Å². The Kier molecular flexibility index (Phi) is 8.42. The quantitative estimate of drug-likeness (QED) is 0.181. The second kappa shape index (κ2) is 12.4. The molecule has 56 heavy (non-hydrogen) atoms. The normalized spacial score (nSPS) is 22.4. The zero-order chi connectivity index (χ0) is 40.4. The molecule has 0 fully saturated rings. The van der Waals surface area contributed by atoms with Gasteiger partial charge in [0.1, 0.15) is 0 Å². The Hall–Kier alpha value is -4.77. The average Bonchev–Trinajstić information content (AvgIpc) is 3.43. The summed E-state index contributed by atoms with van der Waals surface area (Å²) in [4.78, 5) is 33.4. The van der Waals surface area contributed by atoms with Gasteiger partial charge in [0.15, 0.2) is 0 Å². The monoisotopic (exact) mass is 822 g/mol. The fourth-order valence-corrected chi connectivity index (χ4v) is 16.9. The minimum atomic E-state index is -4.47. The first-order valence-electron chi connectivity index (χ1n) is 19.2. The van der Waals surface area contributed by atoms with Crippen LogP contribution >= 0.6 is 0 Å². The van der Waals surface area contributed by atoms with Gasteiger partial charge >= 0.3 is 317 Å². The van der Waals surface area contributed by atoms with Crippen molar-refractivity contribution in [3.63, 3.8) is 0 Å². The Balaban J connectivity index is 1.07. The molecule has 0 bridgehead atoms. The van der Waals surface area contributed by atoms with Gasteiger partial charge in [0.2, 0.25) is 0 Å². The van der Waals surface area contributed by atoms with Crippen molar-refractivity contribution in [2.75, 3.05) is 23.9 Å². The van der Waals surface area contributed by atoms with Crippen LogP contribution in [0.15, 0.2) is 84.9 Å². The molecule has 4 aliphatic heterocycles. The van der Waals surface area contributed by atoms with E-state index in [0.29, 0.717) is 49.9 Å². The minimum absolute atomic E-state index is 0.0635. The number of aryl methyl sites for hydroxylation is 1. The van der Waals surface area contributed by atoms with E-state index in [-0.39, 0.29) is 14.6 Å². The Morgan fingerprint density at radius 3 is 1.55 bits per heavy atom. The van der Waals surface area contributed by atoms with Crippen LogP contribution in [-0.4, -0.2) is 48.0 Å². The number of likely N-dealkylation sites (N-methyl/N-ethyl adjacent to an activating group) is 2. The number of anilines is 2. The molecule has 0 saturated carbocycles. The van der Waals surface area contributed by atoms with Gasteiger partial charge in [0.25, 0.3) is 0 Å². The number of alkyl halides is 3. The van der Waals surface area contributed by atoms with Gasteiger partial charge < -0.3 is 0 Å². The second-order valence-corrected chi connectivity index (χ2v) is 26.2. The zero-order valence-electron chi connectivity index (χ0n) is 33.3. The molecular weight excluding hydrogens is 774 g/mol. The van der Waals surface area contributed by atoms with Gasteiger partial charge in [-0.1, -0.05) is 0 Å². The number of fused-ring (bicyclic) bond motifs is 4. The summed E-state index contributed by atoms with van der Waals surface area (Å²) >= 11 is -3.97. The summed E-state index contributed by atoms with van der Waals surface area (Å²) in [6.07, 6.45) is 3.41. The van der Waals surface area contributed by atoms with Crippen molar-refractivity contribution < 1.29 is 32.2 Å². The molecule has 10 heteroatoms. The molecule has 2 unspecified atom stereocenters. The molecule has 4 aliphatic rings. The van der Waals surface area contributed by atoms with Gasteiger partial charge in [0.05, 0.1) is 0 Å². The van der Waals surface area contributed by atoms with Crippen molar-refractivity contribution >= 4 is 46.0 Å². The summed E-state index contributed by atoms with van der Waals surface area (Å²) in [5, 5.41) is 0.974. The number of nitrogens with zero attached hydrogens (tertiary/aromatic N) is 2. The predicted octanol–water partition coefficient (Wildman–Crippen LogP) is 10.7. The van der Waals surface area contributed by atoms with E-state index < -0.39 is 41.9 Å². The van der Waals surface area contributed by atoms with E-state index in [2.05, 4.69) is 57.0 Å². The van der Waals surface area contributed by atoms with Crippen molar-refractivity contribution in [3.8, 4) is 11.5 Å². The van der Waals surface area contributed by atoms with Crippen LogP contribution in [0.5, 0.6) is 11.5 Å². The summed E-state index contributed by atoms with van der Waals surface area (Å²) in [5.74, 6) is 1.20. The Morgan fingerprint density at radius 1 is 0.661 bits per heavy atom. The van der Waals surface area contributed by atoms with Crippen molar-refractivity contribution in [1.29, 1.82) is 0 Å². The van der Waals surface area contributed by atoms with Crippen LogP contribution < -0.4 is 19.3 Å². The summed E-state index contributed by atoms with van der Waals surface area (Å²) < 4.78 is 54.6. The van der Waals surface area contributed by atoms with Gasteiger partial charge in [-0.25, -0.2) is 0 Å². The van der Waals surface area contributed by atoms with Crippen LogP contribution in [-0.2, 0) is 17.0 Å². The number of hydrogen-bond donors (Lipinski definition) is 0. The molecular formula is C46H47F3GeN2O4. The molecule has 2 atom stereocenters. The Labute approximate surface area is 329 Å². The number of carbonyl (C=O) groups excluding carboxylic acids is 2. The molecule has 4 heterocycles. The molecule has 4 aromatic rings. The van der Waals surface area contributed by atoms with E-state index in [9.17, 15) is 22.8 Å². The van der Waals surface area contributed by atoms with E-state index in [1.807, 2.05) is 76.1 Å². The predicted molar refractivity (Wildman–Crippen MR) is 219 cm³/mol. The number of hydrogen-bond acceptors (Lipinski definition) is 6. The summed E-state index contributed by atoms with van der Waals surface area (Å²) in [6, 6.07) is 21.1. The molecule has 0 saturated heterocycles. The fourth-order valence-electron chi connectivity index (χ4n) is 9.75.